The fourth-order valence-electron chi connectivity index (χ4n) is 2.82. The topological polar surface area (TPSA) is 108 Å². The smallest absolute Gasteiger partial charge is 0.512 e. The van der Waals surface area contributed by atoms with Gasteiger partial charge in [0.15, 0.2) is 5.78 Å². The molecule has 0 unspecified atom stereocenters. The lowest BCUT2D eigenvalue weighted by molar-refractivity contribution is -0.114. The number of Topliss-reactive ketones (excluding diaryl/α,β-unsaturated/α-hetero) is 1. The van der Waals surface area contributed by atoms with E-state index in [1.807, 2.05) is 0 Å². The van der Waals surface area contributed by atoms with Gasteiger partial charge < -0.3 is 24.1 Å². The summed E-state index contributed by atoms with van der Waals surface area (Å²) in [6.45, 7) is 3.64. The van der Waals surface area contributed by atoms with Crippen LogP contribution in [0.1, 0.15) is 45.1 Å². The molecule has 1 aromatic carbocycles. The Kier molecular flexibility index (Phi) is 7.86. The molecule has 1 saturated carbocycles. The van der Waals surface area contributed by atoms with Crippen LogP contribution in [-0.4, -0.2) is 36.4 Å². The molecule has 0 amide bonds. The third-order valence-electron chi connectivity index (χ3n) is 4.10. The van der Waals surface area contributed by atoms with E-state index in [1.165, 1.54) is 18.2 Å². The molecule has 0 heterocycles. The van der Waals surface area contributed by atoms with Crippen LogP contribution in [0.5, 0.6) is 11.5 Å². The number of hydrogen-bond acceptors (Lipinski definition) is 8. The molecular weight excluding hydrogens is 368 g/mol. The molecule has 0 bridgehead atoms. The number of carbonyl (C=O) groups excluding carboxylic acids is 3. The Bertz CT molecular complexity index is 765. The van der Waals surface area contributed by atoms with Crippen molar-refractivity contribution in [2.24, 2.45) is 0 Å². The predicted octanol–water partition coefficient (Wildman–Crippen LogP) is 4.25. The summed E-state index contributed by atoms with van der Waals surface area (Å²) >= 11 is 0. The van der Waals surface area contributed by atoms with Gasteiger partial charge in [-0.15, -0.1) is 0 Å². The maximum atomic E-state index is 11.8. The van der Waals surface area contributed by atoms with E-state index in [2.05, 4.69) is 0 Å². The zero-order valence-electron chi connectivity index (χ0n) is 16.0. The normalized spacial score (nSPS) is 15.1. The lowest BCUT2D eigenvalue weighted by Gasteiger charge is -2.12. The Morgan fingerprint density at radius 2 is 1.71 bits per heavy atom. The molecule has 0 spiro atoms. The van der Waals surface area contributed by atoms with E-state index in [9.17, 15) is 19.5 Å². The lowest BCUT2D eigenvalue weighted by atomic mass is 10.0. The monoisotopic (exact) mass is 392 g/mol. The largest absolute Gasteiger partial charge is 0.513 e. The minimum Gasteiger partial charge on any atom is -0.512 e. The van der Waals surface area contributed by atoms with Gasteiger partial charge in [-0.05, 0) is 56.9 Å². The van der Waals surface area contributed by atoms with Gasteiger partial charge in [0.1, 0.15) is 11.5 Å². The predicted molar refractivity (Wildman–Crippen MR) is 98.6 cm³/mol. The molecule has 8 heteroatoms. The third-order valence-corrected chi connectivity index (χ3v) is 4.10. The van der Waals surface area contributed by atoms with Crippen molar-refractivity contribution in [1.82, 2.24) is 0 Å². The molecule has 1 aliphatic carbocycles. The Morgan fingerprint density at radius 3 is 2.32 bits per heavy atom. The highest BCUT2D eigenvalue weighted by molar-refractivity contribution is 5.97. The molecule has 1 N–H and O–H groups in total. The maximum absolute atomic E-state index is 11.8. The van der Waals surface area contributed by atoms with Crippen LogP contribution < -0.4 is 9.47 Å². The molecule has 1 aliphatic rings. The van der Waals surface area contributed by atoms with Gasteiger partial charge in [0.2, 0.25) is 0 Å². The van der Waals surface area contributed by atoms with Gasteiger partial charge in [0, 0.05) is 18.4 Å². The first kappa shape index (κ1) is 21.3. The molecule has 2 rings (SSSR count). The highest BCUT2D eigenvalue weighted by atomic mass is 16.7. The first-order valence-electron chi connectivity index (χ1n) is 9.20. The molecular formula is C20H24O8. The standard InChI is InChI=1S/C20H24O8/c1-3-25-19(23)27-14-9-11-18(28-20(24)26-4-2)13(12-14)8-10-17(22)15-6-5-7-16(15)21/h9,11-12,22H,3-8,10H2,1-2H3. The number of aliphatic hydroxyl groups is 1. The Morgan fingerprint density at radius 1 is 1.04 bits per heavy atom. The quantitative estimate of drug-likeness (QED) is 0.317. The second-order valence-electron chi connectivity index (χ2n) is 6.04. The van der Waals surface area contributed by atoms with Gasteiger partial charge in [0.05, 0.1) is 19.0 Å². The highest BCUT2D eigenvalue weighted by Gasteiger charge is 2.21. The zero-order valence-corrected chi connectivity index (χ0v) is 16.0. The highest BCUT2D eigenvalue weighted by Crippen LogP contribution is 2.29. The summed E-state index contributed by atoms with van der Waals surface area (Å²) in [6.07, 6.45) is 0.464. The van der Waals surface area contributed by atoms with E-state index in [-0.39, 0.29) is 49.1 Å². The molecule has 0 atom stereocenters. The Hall–Kier alpha value is -3.03. The van der Waals surface area contributed by atoms with Crippen LogP contribution in [0.25, 0.3) is 0 Å². The van der Waals surface area contributed by atoms with Crippen molar-refractivity contribution >= 4 is 18.1 Å². The van der Waals surface area contributed by atoms with Gasteiger partial charge in [0.25, 0.3) is 0 Å². The van der Waals surface area contributed by atoms with Crippen molar-refractivity contribution in [3.05, 3.63) is 35.1 Å². The summed E-state index contributed by atoms with van der Waals surface area (Å²) in [4.78, 5) is 34.9. The van der Waals surface area contributed by atoms with Gasteiger partial charge in [-0.2, -0.15) is 0 Å². The molecule has 0 aromatic heterocycles. The zero-order chi connectivity index (χ0) is 20.5. The minimum absolute atomic E-state index is 0.0290. The maximum Gasteiger partial charge on any atom is 0.513 e. The van der Waals surface area contributed by atoms with E-state index in [4.69, 9.17) is 18.9 Å². The summed E-state index contributed by atoms with van der Waals surface area (Å²) in [5.74, 6) is 0.403. The first-order chi connectivity index (χ1) is 13.4. The molecule has 0 radical (unpaired) electrons. The number of ether oxygens (including phenoxy) is 4. The van der Waals surface area contributed by atoms with Crippen molar-refractivity contribution in [2.45, 2.75) is 46.0 Å². The second kappa shape index (κ2) is 10.3. The van der Waals surface area contributed by atoms with E-state index < -0.39 is 12.3 Å². The molecule has 28 heavy (non-hydrogen) atoms. The molecule has 152 valence electrons. The summed E-state index contributed by atoms with van der Waals surface area (Å²) in [7, 11) is 0. The van der Waals surface area contributed by atoms with Crippen LogP contribution >= 0.6 is 0 Å². The van der Waals surface area contributed by atoms with E-state index >= 15 is 0 Å². The number of hydrogen-bond donors (Lipinski definition) is 1. The van der Waals surface area contributed by atoms with E-state index in [1.54, 1.807) is 13.8 Å². The van der Waals surface area contributed by atoms with Crippen molar-refractivity contribution in [2.75, 3.05) is 13.2 Å². The summed E-state index contributed by atoms with van der Waals surface area (Å²) in [5, 5.41) is 10.2. The first-order valence-corrected chi connectivity index (χ1v) is 9.20. The molecule has 1 fully saturated rings. The van der Waals surface area contributed by atoms with Crippen molar-refractivity contribution < 1.29 is 38.4 Å². The minimum atomic E-state index is -0.864. The van der Waals surface area contributed by atoms with Crippen molar-refractivity contribution in [1.29, 1.82) is 0 Å². The average Bonchev–Trinajstić information content (AvgIpc) is 3.08. The summed E-state index contributed by atoms with van der Waals surface area (Å²) in [6, 6.07) is 4.43. The van der Waals surface area contributed by atoms with Crippen LogP contribution in [0.15, 0.2) is 29.5 Å². The fraction of sp³-hybridized carbons (Fsp3) is 0.450. The van der Waals surface area contributed by atoms with Crippen LogP contribution in [-0.2, 0) is 20.7 Å². The molecule has 1 aromatic rings. The van der Waals surface area contributed by atoms with Gasteiger partial charge in [-0.3, -0.25) is 4.79 Å². The SMILES string of the molecule is CCOC(=O)Oc1ccc(OC(=O)OCC)c(CCC(O)=C2CCCC2=O)c1. The summed E-state index contributed by atoms with van der Waals surface area (Å²) < 4.78 is 19.8. The Labute approximate surface area is 163 Å². The molecule has 0 saturated heterocycles. The van der Waals surface area contributed by atoms with Gasteiger partial charge in [-0.25, -0.2) is 9.59 Å². The Balaban J connectivity index is 2.19. The van der Waals surface area contributed by atoms with Crippen molar-refractivity contribution in [3.63, 3.8) is 0 Å². The molecule has 8 nitrogen and oxygen atoms in total. The molecule has 0 aliphatic heterocycles. The summed E-state index contributed by atoms with van der Waals surface area (Å²) in [5.41, 5.74) is 0.958. The number of aliphatic hydroxyl groups excluding tert-OH is 1. The van der Waals surface area contributed by atoms with E-state index in [0.29, 0.717) is 24.0 Å². The van der Waals surface area contributed by atoms with Gasteiger partial charge in [-0.1, -0.05) is 0 Å². The van der Waals surface area contributed by atoms with E-state index in [0.717, 1.165) is 6.42 Å². The average molecular weight is 392 g/mol. The van der Waals surface area contributed by atoms with Crippen LogP contribution in [0.2, 0.25) is 0 Å². The van der Waals surface area contributed by atoms with Crippen molar-refractivity contribution in [3.8, 4) is 11.5 Å². The number of aryl methyl sites for hydroxylation is 1. The number of carbonyl (C=O) groups is 3. The number of ketones is 1. The fourth-order valence-corrected chi connectivity index (χ4v) is 2.82. The van der Waals surface area contributed by atoms with Crippen LogP contribution in [0.4, 0.5) is 9.59 Å². The van der Waals surface area contributed by atoms with Gasteiger partial charge >= 0.3 is 12.3 Å². The van der Waals surface area contributed by atoms with Crippen LogP contribution in [0.3, 0.4) is 0 Å². The number of benzene rings is 1. The lowest BCUT2D eigenvalue weighted by Crippen LogP contribution is -2.13. The second-order valence-corrected chi connectivity index (χ2v) is 6.04. The number of rotatable bonds is 7. The number of allylic oxidation sites excluding steroid dienone is 2. The third kappa shape index (κ3) is 6.00. The van der Waals surface area contributed by atoms with Crippen LogP contribution in [0, 0.1) is 0 Å².